The van der Waals surface area contributed by atoms with E-state index in [1.54, 1.807) is 25.1 Å². The van der Waals surface area contributed by atoms with Gasteiger partial charge >= 0.3 is 0 Å². The number of carbonyl (C=O) groups is 4. The highest BCUT2D eigenvalue weighted by molar-refractivity contribution is 6.42. The zero-order valence-electron chi connectivity index (χ0n) is 20.6. The topological polar surface area (TPSA) is 86.8 Å². The second-order valence-corrected chi connectivity index (χ2v) is 10.8. The van der Waals surface area contributed by atoms with Crippen molar-refractivity contribution >= 4 is 46.8 Å². The summed E-state index contributed by atoms with van der Waals surface area (Å²) in [5.41, 5.74) is 0.737. The maximum atomic E-state index is 13.4. The molecule has 1 saturated carbocycles. The minimum Gasteiger partial charge on any atom is -0.352 e. The highest BCUT2D eigenvalue weighted by atomic mass is 35.5. The third-order valence-electron chi connectivity index (χ3n) is 7.60. The molecule has 36 heavy (non-hydrogen) atoms. The van der Waals surface area contributed by atoms with Gasteiger partial charge in [0.05, 0.1) is 21.9 Å². The predicted octanol–water partition coefficient (Wildman–Crippen LogP) is 4.50. The molecule has 1 aromatic rings. The molecule has 3 aliphatic rings. The Bertz CT molecular complexity index is 1030. The minimum atomic E-state index is -0.731. The third kappa shape index (κ3) is 5.94. The van der Waals surface area contributed by atoms with Gasteiger partial charge in [-0.2, -0.15) is 0 Å². The van der Waals surface area contributed by atoms with Crippen LogP contribution in [0.5, 0.6) is 0 Å². The molecule has 7 nitrogen and oxygen atoms in total. The van der Waals surface area contributed by atoms with Gasteiger partial charge in [-0.3, -0.25) is 24.1 Å². The summed E-state index contributed by atoms with van der Waals surface area (Å²) >= 11 is 12.2. The molecular formula is C27H33Cl2N3O4. The fourth-order valence-electron chi connectivity index (χ4n) is 5.43. The van der Waals surface area contributed by atoms with Gasteiger partial charge in [-0.15, -0.1) is 0 Å². The SMILES string of the molecule is CC(C(=O)NC1CCCCC1)N(Cc1ccc(Cl)c(Cl)c1)C(=O)CCN1C(=O)[C@H]2CC=CC[C@H]2C1=O. The molecule has 2 fully saturated rings. The molecular weight excluding hydrogens is 501 g/mol. The van der Waals surface area contributed by atoms with E-state index in [-0.39, 0.29) is 61.0 Å². The number of carbonyl (C=O) groups excluding carboxylic acids is 4. The number of imide groups is 1. The van der Waals surface area contributed by atoms with E-state index in [9.17, 15) is 19.2 Å². The van der Waals surface area contributed by atoms with Gasteiger partial charge in [-0.25, -0.2) is 0 Å². The van der Waals surface area contributed by atoms with Crippen LogP contribution in [0.1, 0.15) is 63.9 Å². The Morgan fingerprint density at radius 3 is 2.28 bits per heavy atom. The largest absolute Gasteiger partial charge is 0.352 e. The molecule has 1 N–H and O–H groups in total. The highest BCUT2D eigenvalue weighted by Crippen LogP contribution is 2.35. The first-order valence-corrected chi connectivity index (χ1v) is 13.6. The number of rotatable bonds is 8. The molecule has 0 spiro atoms. The van der Waals surface area contributed by atoms with Gasteiger partial charge in [0, 0.05) is 25.6 Å². The summed E-state index contributed by atoms with van der Waals surface area (Å²) in [6, 6.07) is 4.50. The number of allylic oxidation sites excluding steroid dienone is 2. The van der Waals surface area contributed by atoms with E-state index in [4.69, 9.17) is 23.2 Å². The van der Waals surface area contributed by atoms with Crippen molar-refractivity contribution in [3.63, 3.8) is 0 Å². The zero-order valence-corrected chi connectivity index (χ0v) is 22.1. The standard InChI is InChI=1S/C27H33Cl2N3O4/c1-17(25(34)30-19-7-3-2-4-8-19)32(16-18-11-12-22(28)23(29)15-18)24(33)13-14-31-26(35)20-9-5-6-10-21(20)27(31)36/h5-6,11-12,15,17,19-21H,2-4,7-10,13-14,16H2,1H3,(H,30,34)/t17?,20-,21+. The van der Waals surface area contributed by atoms with Gasteiger partial charge in [0.15, 0.2) is 0 Å². The first kappa shape index (κ1) is 26.7. The second kappa shape index (κ2) is 11.8. The maximum absolute atomic E-state index is 13.4. The quantitative estimate of drug-likeness (QED) is 0.393. The lowest BCUT2D eigenvalue weighted by atomic mass is 9.85. The minimum absolute atomic E-state index is 0.0122. The molecule has 1 saturated heterocycles. The normalized spacial score (nSPS) is 22.9. The first-order valence-electron chi connectivity index (χ1n) is 12.8. The summed E-state index contributed by atoms with van der Waals surface area (Å²) in [4.78, 5) is 54.9. The van der Waals surface area contributed by atoms with E-state index in [1.165, 1.54) is 16.2 Å². The number of nitrogens with one attached hydrogen (secondary N) is 1. The number of hydrogen-bond acceptors (Lipinski definition) is 4. The van der Waals surface area contributed by atoms with Crippen molar-refractivity contribution in [1.29, 1.82) is 0 Å². The third-order valence-corrected chi connectivity index (χ3v) is 8.34. The molecule has 0 bridgehead atoms. The van der Waals surface area contributed by atoms with E-state index in [1.807, 2.05) is 12.2 Å². The van der Waals surface area contributed by atoms with E-state index in [0.717, 1.165) is 31.2 Å². The number of fused-ring (bicyclic) bond motifs is 1. The number of amides is 4. The van der Waals surface area contributed by atoms with Gasteiger partial charge in [0.1, 0.15) is 6.04 Å². The fraction of sp³-hybridized carbons (Fsp3) is 0.556. The van der Waals surface area contributed by atoms with Crippen LogP contribution in [0, 0.1) is 11.8 Å². The van der Waals surface area contributed by atoms with Crippen molar-refractivity contribution in [1.82, 2.24) is 15.1 Å². The molecule has 2 aliphatic carbocycles. The number of likely N-dealkylation sites (tertiary alicyclic amines) is 1. The summed E-state index contributed by atoms with van der Waals surface area (Å²) in [5, 5.41) is 3.87. The molecule has 4 amide bonds. The Balaban J connectivity index is 1.46. The number of benzene rings is 1. The highest BCUT2D eigenvalue weighted by Gasteiger charge is 2.47. The molecule has 3 atom stereocenters. The van der Waals surface area contributed by atoms with Gasteiger partial charge in [0.2, 0.25) is 23.6 Å². The van der Waals surface area contributed by atoms with Gasteiger partial charge in [-0.05, 0) is 50.3 Å². The van der Waals surface area contributed by atoms with Crippen molar-refractivity contribution in [2.75, 3.05) is 6.54 Å². The molecule has 4 rings (SSSR count). The lowest BCUT2D eigenvalue weighted by Crippen LogP contribution is -2.51. The van der Waals surface area contributed by atoms with Crippen molar-refractivity contribution in [3.05, 3.63) is 46.0 Å². The van der Waals surface area contributed by atoms with Crippen LogP contribution in [-0.4, -0.2) is 52.1 Å². The van der Waals surface area contributed by atoms with E-state index in [0.29, 0.717) is 22.9 Å². The summed E-state index contributed by atoms with van der Waals surface area (Å²) in [6.07, 6.45) is 10.2. The van der Waals surface area contributed by atoms with Crippen LogP contribution in [0.15, 0.2) is 30.4 Å². The summed E-state index contributed by atoms with van der Waals surface area (Å²) in [5.74, 6) is -1.58. The Kier molecular flexibility index (Phi) is 8.73. The number of halogens is 2. The lowest BCUT2D eigenvalue weighted by molar-refractivity contribution is -0.144. The van der Waals surface area contributed by atoms with Crippen LogP contribution < -0.4 is 5.32 Å². The molecule has 194 valence electrons. The fourth-order valence-corrected chi connectivity index (χ4v) is 5.75. The molecule has 1 heterocycles. The summed E-state index contributed by atoms with van der Waals surface area (Å²) in [7, 11) is 0. The maximum Gasteiger partial charge on any atom is 0.242 e. The smallest absolute Gasteiger partial charge is 0.242 e. The van der Waals surface area contributed by atoms with Gasteiger partial charge in [-0.1, -0.05) is 60.7 Å². The van der Waals surface area contributed by atoms with Gasteiger partial charge in [0.25, 0.3) is 0 Å². The average molecular weight is 534 g/mol. The number of nitrogens with zero attached hydrogens (tertiary/aromatic N) is 2. The second-order valence-electron chi connectivity index (χ2n) is 10.0. The zero-order chi connectivity index (χ0) is 25.8. The molecule has 1 aliphatic heterocycles. The van der Waals surface area contributed by atoms with Crippen molar-refractivity contribution < 1.29 is 19.2 Å². The van der Waals surface area contributed by atoms with Crippen LogP contribution in [0.25, 0.3) is 0 Å². The van der Waals surface area contributed by atoms with E-state index >= 15 is 0 Å². The number of hydrogen-bond donors (Lipinski definition) is 1. The Morgan fingerprint density at radius 1 is 1.03 bits per heavy atom. The van der Waals surface area contributed by atoms with Crippen LogP contribution >= 0.6 is 23.2 Å². The summed E-state index contributed by atoms with van der Waals surface area (Å²) < 4.78 is 0. The molecule has 9 heteroatoms. The van der Waals surface area contributed by atoms with Crippen LogP contribution in [0.4, 0.5) is 0 Å². The average Bonchev–Trinajstić information content (AvgIpc) is 3.12. The summed E-state index contributed by atoms with van der Waals surface area (Å²) in [6.45, 7) is 1.88. The van der Waals surface area contributed by atoms with Crippen molar-refractivity contribution in [3.8, 4) is 0 Å². The van der Waals surface area contributed by atoms with Crippen molar-refractivity contribution in [2.24, 2.45) is 11.8 Å². The Morgan fingerprint density at radius 2 is 1.67 bits per heavy atom. The van der Waals surface area contributed by atoms with Crippen LogP contribution in [-0.2, 0) is 25.7 Å². The Labute approximate surface area is 222 Å². The predicted molar refractivity (Wildman–Crippen MR) is 138 cm³/mol. The monoisotopic (exact) mass is 533 g/mol. The Hall–Kier alpha value is -2.38. The van der Waals surface area contributed by atoms with Crippen molar-refractivity contribution in [2.45, 2.75) is 76.9 Å². The molecule has 0 radical (unpaired) electrons. The van der Waals surface area contributed by atoms with Crippen LogP contribution in [0.3, 0.4) is 0 Å². The molecule has 1 unspecified atom stereocenters. The van der Waals surface area contributed by atoms with Gasteiger partial charge < -0.3 is 10.2 Å². The lowest BCUT2D eigenvalue weighted by Gasteiger charge is -2.31. The van der Waals surface area contributed by atoms with E-state index in [2.05, 4.69) is 5.32 Å². The first-order chi connectivity index (χ1) is 17.3. The molecule has 1 aromatic carbocycles. The van der Waals surface area contributed by atoms with E-state index < -0.39 is 6.04 Å². The van der Waals surface area contributed by atoms with Crippen LogP contribution in [0.2, 0.25) is 10.0 Å². The molecule has 0 aromatic heterocycles.